The van der Waals surface area contributed by atoms with E-state index in [1.807, 2.05) is 12.1 Å². The average Bonchev–Trinajstić information content (AvgIpc) is 2.77. The number of nitrogens with one attached hydrogen (secondary N) is 1. The van der Waals surface area contributed by atoms with Gasteiger partial charge in [-0.05, 0) is 40.5 Å². The van der Waals surface area contributed by atoms with Crippen molar-refractivity contribution in [2.75, 3.05) is 11.9 Å². The number of pyridine rings is 1. The van der Waals surface area contributed by atoms with Gasteiger partial charge < -0.3 is 10.4 Å². The van der Waals surface area contributed by atoms with Crippen molar-refractivity contribution in [3.05, 3.63) is 43.6 Å². The highest BCUT2D eigenvalue weighted by Gasteiger charge is 2.10. The van der Waals surface area contributed by atoms with E-state index in [1.54, 1.807) is 11.3 Å². The summed E-state index contributed by atoms with van der Waals surface area (Å²) in [6.45, 7) is 0.681. The van der Waals surface area contributed by atoms with E-state index in [0.29, 0.717) is 12.4 Å². The number of anilines is 1. The van der Waals surface area contributed by atoms with E-state index in [0.717, 1.165) is 10.2 Å². The van der Waals surface area contributed by atoms with Crippen LogP contribution in [-0.4, -0.2) is 22.6 Å². The summed E-state index contributed by atoms with van der Waals surface area (Å²) in [6.07, 6.45) is 2.19. The van der Waals surface area contributed by atoms with Gasteiger partial charge in [0.2, 0.25) is 0 Å². The Labute approximate surface area is 127 Å². The third kappa shape index (κ3) is 3.92. The van der Waals surface area contributed by atoms with Crippen molar-refractivity contribution >= 4 is 50.7 Å². The molecule has 0 radical (unpaired) electrons. The van der Waals surface area contributed by atoms with Crippen LogP contribution >= 0.6 is 38.9 Å². The quantitative estimate of drug-likeness (QED) is 0.847. The highest BCUT2D eigenvalue weighted by molar-refractivity contribution is 9.11. The van der Waals surface area contributed by atoms with Gasteiger partial charge >= 0.3 is 5.97 Å². The maximum Gasteiger partial charge on any atom is 0.337 e. The van der Waals surface area contributed by atoms with E-state index in [4.69, 9.17) is 16.7 Å². The molecule has 7 heteroatoms. The molecule has 0 aliphatic heterocycles. The molecule has 2 aromatic heterocycles. The van der Waals surface area contributed by atoms with Gasteiger partial charge in [0, 0.05) is 17.6 Å². The largest absolute Gasteiger partial charge is 0.478 e. The third-order valence-electron chi connectivity index (χ3n) is 2.39. The van der Waals surface area contributed by atoms with Crippen LogP contribution in [0.15, 0.2) is 28.2 Å². The molecule has 2 N–H and O–H groups in total. The van der Waals surface area contributed by atoms with Crippen LogP contribution in [0.25, 0.3) is 0 Å². The maximum absolute atomic E-state index is 10.9. The van der Waals surface area contributed by atoms with Gasteiger partial charge in [-0.1, -0.05) is 11.6 Å². The first-order chi connectivity index (χ1) is 9.06. The van der Waals surface area contributed by atoms with Gasteiger partial charge in [0.25, 0.3) is 0 Å². The van der Waals surface area contributed by atoms with Crippen LogP contribution in [0.2, 0.25) is 5.02 Å². The number of nitrogens with zero attached hydrogens (tertiary/aromatic N) is 1. The highest BCUT2D eigenvalue weighted by atomic mass is 79.9. The van der Waals surface area contributed by atoms with E-state index in [9.17, 15) is 4.79 Å². The Kier molecular flexibility index (Phi) is 4.79. The first-order valence-electron chi connectivity index (χ1n) is 5.43. The van der Waals surface area contributed by atoms with Crippen LogP contribution in [0.4, 0.5) is 5.82 Å². The lowest BCUT2D eigenvalue weighted by Gasteiger charge is -2.06. The Morgan fingerprint density at radius 1 is 1.53 bits per heavy atom. The molecule has 2 aromatic rings. The number of hydrogen-bond acceptors (Lipinski definition) is 4. The van der Waals surface area contributed by atoms with E-state index in [1.165, 1.54) is 17.1 Å². The van der Waals surface area contributed by atoms with Crippen LogP contribution in [0.5, 0.6) is 0 Å². The molecule has 0 aromatic carbocycles. The smallest absolute Gasteiger partial charge is 0.337 e. The molecule has 0 bridgehead atoms. The van der Waals surface area contributed by atoms with Crippen molar-refractivity contribution in [3.63, 3.8) is 0 Å². The van der Waals surface area contributed by atoms with Gasteiger partial charge in [-0.3, -0.25) is 0 Å². The van der Waals surface area contributed by atoms with Crippen molar-refractivity contribution in [2.45, 2.75) is 6.42 Å². The fourth-order valence-electron chi connectivity index (χ4n) is 1.50. The summed E-state index contributed by atoms with van der Waals surface area (Å²) in [7, 11) is 0. The molecule has 0 amide bonds. The predicted molar refractivity (Wildman–Crippen MR) is 80.4 cm³/mol. The van der Waals surface area contributed by atoms with Gasteiger partial charge in [-0.15, -0.1) is 11.3 Å². The molecule has 0 spiro atoms. The minimum Gasteiger partial charge on any atom is -0.478 e. The summed E-state index contributed by atoms with van der Waals surface area (Å²) in [5, 5.41) is 12.2. The summed E-state index contributed by atoms with van der Waals surface area (Å²) in [6, 6.07) is 5.49. The molecule has 19 heavy (non-hydrogen) atoms. The number of thiophene rings is 1. The zero-order valence-corrected chi connectivity index (χ0v) is 12.8. The lowest BCUT2D eigenvalue weighted by atomic mass is 10.2. The highest BCUT2D eigenvalue weighted by Crippen LogP contribution is 2.22. The Morgan fingerprint density at radius 3 is 2.95 bits per heavy atom. The Morgan fingerprint density at radius 2 is 2.32 bits per heavy atom. The predicted octanol–water partition coefficient (Wildman–Crippen LogP) is 3.91. The van der Waals surface area contributed by atoms with Crippen LogP contribution in [0.1, 0.15) is 15.2 Å². The summed E-state index contributed by atoms with van der Waals surface area (Å²) in [4.78, 5) is 16.2. The van der Waals surface area contributed by atoms with E-state index < -0.39 is 5.97 Å². The molecule has 0 atom stereocenters. The number of rotatable bonds is 5. The van der Waals surface area contributed by atoms with Crippen LogP contribution in [-0.2, 0) is 6.42 Å². The monoisotopic (exact) mass is 360 g/mol. The fourth-order valence-corrected chi connectivity index (χ4v) is 3.17. The molecule has 0 saturated carbocycles. The number of carboxylic acid groups (broad SMARTS) is 1. The van der Waals surface area contributed by atoms with Crippen molar-refractivity contribution < 1.29 is 9.90 Å². The first-order valence-corrected chi connectivity index (χ1v) is 7.42. The SMILES string of the molecule is O=C(O)c1cc(NCCc2ccc(Br)s2)ncc1Cl. The van der Waals surface area contributed by atoms with Gasteiger partial charge in [0.15, 0.2) is 0 Å². The number of hydrogen-bond donors (Lipinski definition) is 2. The number of carboxylic acids is 1. The van der Waals surface area contributed by atoms with E-state index in [2.05, 4.69) is 26.2 Å². The standard InChI is InChI=1S/C12H10BrClN2O2S/c13-10-2-1-7(19-10)3-4-15-11-5-8(12(17)18)9(14)6-16-11/h1-2,5-6H,3-4H2,(H,15,16)(H,17,18). The topological polar surface area (TPSA) is 62.2 Å². The second kappa shape index (κ2) is 6.36. The van der Waals surface area contributed by atoms with Crippen LogP contribution in [0, 0.1) is 0 Å². The summed E-state index contributed by atoms with van der Waals surface area (Å²) >= 11 is 10.8. The van der Waals surface area contributed by atoms with Crippen LogP contribution in [0.3, 0.4) is 0 Å². The molecule has 0 saturated heterocycles. The molecular weight excluding hydrogens is 352 g/mol. The second-order valence-corrected chi connectivity index (χ2v) is 6.69. The molecule has 0 aliphatic carbocycles. The second-order valence-electron chi connectivity index (χ2n) is 3.74. The Hall–Kier alpha value is -1.11. The zero-order valence-electron chi connectivity index (χ0n) is 9.69. The zero-order chi connectivity index (χ0) is 13.8. The number of aromatic carboxylic acids is 1. The minimum absolute atomic E-state index is 0.0537. The van der Waals surface area contributed by atoms with E-state index >= 15 is 0 Å². The van der Waals surface area contributed by atoms with Gasteiger partial charge in [-0.2, -0.15) is 0 Å². The van der Waals surface area contributed by atoms with Crippen molar-refractivity contribution in [1.29, 1.82) is 0 Å². The maximum atomic E-state index is 10.9. The number of aromatic nitrogens is 1. The lowest BCUT2D eigenvalue weighted by Crippen LogP contribution is -2.07. The molecular formula is C12H10BrClN2O2S. The first kappa shape index (κ1) is 14.3. The molecule has 2 heterocycles. The number of halogens is 2. The summed E-state index contributed by atoms with van der Waals surface area (Å²) in [5.74, 6) is -0.546. The molecule has 100 valence electrons. The van der Waals surface area contributed by atoms with Crippen molar-refractivity contribution in [2.24, 2.45) is 0 Å². The minimum atomic E-state index is -1.06. The average molecular weight is 362 g/mol. The molecule has 2 rings (SSSR count). The van der Waals surface area contributed by atoms with Crippen molar-refractivity contribution in [1.82, 2.24) is 4.98 Å². The fraction of sp³-hybridized carbons (Fsp3) is 0.167. The van der Waals surface area contributed by atoms with Gasteiger partial charge in [0.05, 0.1) is 14.4 Å². The Balaban J connectivity index is 1.96. The third-order valence-corrected chi connectivity index (χ3v) is 4.38. The summed E-state index contributed by atoms with van der Waals surface area (Å²) < 4.78 is 1.10. The summed E-state index contributed by atoms with van der Waals surface area (Å²) in [5.41, 5.74) is 0.0537. The van der Waals surface area contributed by atoms with Crippen LogP contribution < -0.4 is 5.32 Å². The van der Waals surface area contributed by atoms with E-state index in [-0.39, 0.29) is 10.6 Å². The molecule has 0 fully saturated rings. The molecule has 0 unspecified atom stereocenters. The van der Waals surface area contributed by atoms with Gasteiger partial charge in [0.1, 0.15) is 5.82 Å². The Bertz CT molecular complexity index is 603. The number of carbonyl (C=O) groups is 1. The molecule has 4 nitrogen and oxygen atoms in total. The molecule has 0 aliphatic rings. The normalized spacial score (nSPS) is 10.4. The van der Waals surface area contributed by atoms with Gasteiger partial charge in [-0.25, -0.2) is 9.78 Å². The van der Waals surface area contributed by atoms with Crippen molar-refractivity contribution in [3.8, 4) is 0 Å². The lowest BCUT2D eigenvalue weighted by molar-refractivity contribution is 0.0697.